The Kier molecular flexibility index (Phi) is 6.54. The number of amides is 1. The minimum Gasteiger partial charge on any atom is -0.380 e. The standard InChI is InChI=1S/C22H23ClFN3O2/c1-13(2)18(26-15-8-5-4-6-9-15)12-25-22(28)19-14(3)29-27-21(19)20-16(23)10-7-11-17(20)24/h4-11,13,18,26H,12H2,1-3H3,(H,25,28). The monoisotopic (exact) mass is 415 g/mol. The molecule has 0 radical (unpaired) electrons. The van der Waals surface area contributed by atoms with E-state index in [0.717, 1.165) is 5.69 Å². The zero-order valence-electron chi connectivity index (χ0n) is 16.5. The summed E-state index contributed by atoms with van der Waals surface area (Å²) >= 11 is 6.15. The van der Waals surface area contributed by atoms with Crippen LogP contribution in [-0.2, 0) is 0 Å². The number of aryl methyl sites for hydroxylation is 1. The van der Waals surface area contributed by atoms with Crippen molar-refractivity contribution in [2.24, 2.45) is 5.92 Å². The van der Waals surface area contributed by atoms with Crippen molar-refractivity contribution in [3.8, 4) is 11.3 Å². The molecule has 0 aliphatic carbocycles. The van der Waals surface area contributed by atoms with Crippen molar-refractivity contribution in [3.05, 3.63) is 70.7 Å². The van der Waals surface area contributed by atoms with Crippen LogP contribution >= 0.6 is 11.6 Å². The van der Waals surface area contributed by atoms with Gasteiger partial charge in [-0.25, -0.2) is 4.39 Å². The molecule has 0 aliphatic rings. The highest BCUT2D eigenvalue weighted by Crippen LogP contribution is 2.33. The molecule has 1 amide bonds. The van der Waals surface area contributed by atoms with Crippen LogP contribution in [0.1, 0.15) is 30.0 Å². The number of halogens is 2. The van der Waals surface area contributed by atoms with Gasteiger partial charge in [-0.1, -0.05) is 54.9 Å². The van der Waals surface area contributed by atoms with Gasteiger partial charge in [-0.3, -0.25) is 4.79 Å². The predicted octanol–water partition coefficient (Wildman–Crippen LogP) is 5.31. The van der Waals surface area contributed by atoms with Crippen molar-refractivity contribution >= 4 is 23.2 Å². The van der Waals surface area contributed by atoms with Crippen molar-refractivity contribution < 1.29 is 13.7 Å². The highest BCUT2D eigenvalue weighted by molar-refractivity contribution is 6.33. The van der Waals surface area contributed by atoms with Gasteiger partial charge in [-0.05, 0) is 37.1 Å². The summed E-state index contributed by atoms with van der Waals surface area (Å²) in [7, 11) is 0. The van der Waals surface area contributed by atoms with Gasteiger partial charge < -0.3 is 15.2 Å². The maximum absolute atomic E-state index is 14.3. The SMILES string of the molecule is Cc1onc(-c2c(F)cccc2Cl)c1C(=O)NCC(Nc1ccccc1)C(C)C. The van der Waals surface area contributed by atoms with Gasteiger partial charge in [0.15, 0.2) is 0 Å². The van der Waals surface area contributed by atoms with Gasteiger partial charge >= 0.3 is 0 Å². The van der Waals surface area contributed by atoms with E-state index < -0.39 is 11.7 Å². The number of aromatic nitrogens is 1. The predicted molar refractivity (Wildman–Crippen MR) is 113 cm³/mol. The summed E-state index contributed by atoms with van der Waals surface area (Å²) < 4.78 is 19.5. The minimum atomic E-state index is -0.564. The average molecular weight is 416 g/mol. The fourth-order valence-electron chi connectivity index (χ4n) is 3.03. The molecule has 0 aliphatic heterocycles. The number of para-hydroxylation sites is 1. The molecule has 1 atom stereocenters. The van der Waals surface area contributed by atoms with Crippen LogP contribution in [0.5, 0.6) is 0 Å². The third-order valence-electron chi connectivity index (χ3n) is 4.70. The number of benzene rings is 2. The summed E-state index contributed by atoms with van der Waals surface area (Å²) in [6.45, 7) is 6.13. The lowest BCUT2D eigenvalue weighted by molar-refractivity contribution is 0.0949. The molecule has 1 unspecified atom stereocenters. The lowest BCUT2D eigenvalue weighted by atomic mass is 10.0. The van der Waals surface area contributed by atoms with Crippen molar-refractivity contribution in [2.75, 3.05) is 11.9 Å². The molecule has 0 saturated heterocycles. The van der Waals surface area contributed by atoms with Gasteiger partial charge in [0.1, 0.15) is 22.8 Å². The first-order valence-electron chi connectivity index (χ1n) is 9.39. The highest BCUT2D eigenvalue weighted by Gasteiger charge is 2.26. The number of carbonyl (C=O) groups is 1. The summed E-state index contributed by atoms with van der Waals surface area (Å²) in [5.74, 6) is -0.391. The second-order valence-corrected chi connectivity index (χ2v) is 7.54. The lowest BCUT2D eigenvalue weighted by Crippen LogP contribution is -2.39. The van der Waals surface area contributed by atoms with Crippen LogP contribution in [0, 0.1) is 18.7 Å². The van der Waals surface area contributed by atoms with Crippen molar-refractivity contribution in [2.45, 2.75) is 26.8 Å². The van der Waals surface area contributed by atoms with E-state index in [1.807, 2.05) is 30.3 Å². The smallest absolute Gasteiger partial charge is 0.257 e. The zero-order valence-corrected chi connectivity index (χ0v) is 17.3. The Morgan fingerprint density at radius 3 is 2.55 bits per heavy atom. The Morgan fingerprint density at radius 1 is 1.17 bits per heavy atom. The summed E-state index contributed by atoms with van der Waals surface area (Å²) in [4.78, 5) is 12.9. The van der Waals surface area contributed by atoms with E-state index in [9.17, 15) is 9.18 Å². The first-order chi connectivity index (χ1) is 13.9. The Hall–Kier alpha value is -2.86. The van der Waals surface area contributed by atoms with E-state index in [1.54, 1.807) is 13.0 Å². The molecule has 1 aromatic heterocycles. The molecular formula is C22H23ClFN3O2. The molecule has 1 heterocycles. The fourth-order valence-corrected chi connectivity index (χ4v) is 3.28. The maximum Gasteiger partial charge on any atom is 0.257 e. The topological polar surface area (TPSA) is 67.2 Å². The van der Waals surface area contributed by atoms with Crippen LogP contribution in [0.3, 0.4) is 0 Å². The number of hydrogen-bond donors (Lipinski definition) is 2. The Bertz CT molecular complexity index is 969. The number of hydrogen-bond acceptors (Lipinski definition) is 4. The van der Waals surface area contributed by atoms with E-state index in [-0.39, 0.29) is 33.8 Å². The zero-order chi connectivity index (χ0) is 21.0. The van der Waals surface area contributed by atoms with Gasteiger partial charge in [0, 0.05) is 18.3 Å². The molecular weight excluding hydrogens is 393 g/mol. The summed E-state index contributed by atoms with van der Waals surface area (Å²) in [5.41, 5.74) is 1.30. The number of nitrogens with one attached hydrogen (secondary N) is 2. The average Bonchev–Trinajstić information content (AvgIpc) is 3.06. The van der Waals surface area contributed by atoms with Gasteiger partial charge in [0.2, 0.25) is 0 Å². The molecule has 152 valence electrons. The Labute approximate surface area is 174 Å². The molecule has 29 heavy (non-hydrogen) atoms. The molecule has 3 rings (SSSR count). The molecule has 5 nitrogen and oxygen atoms in total. The first kappa shape index (κ1) is 20.9. The lowest BCUT2D eigenvalue weighted by Gasteiger charge is -2.24. The van der Waals surface area contributed by atoms with E-state index >= 15 is 0 Å². The number of nitrogens with zero attached hydrogens (tertiary/aromatic N) is 1. The van der Waals surface area contributed by atoms with E-state index in [2.05, 4.69) is 29.6 Å². The third kappa shape index (κ3) is 4.77. The van der Waals surface area contributed by atoms with Crippen molar-refractivity contribution in [1.29, 1.82) is 0 Å². The van der Waals surface area contributed by atoms with Gasteiger partial charge in [-0.2, -0.15) is 0 Å². The van der Waals surface area contributed by atoms with E-state index in [0.29, 0.717) is 12.3 Å². The quantitative estimate of drug-likeness (QED) is 0.548. The van der Waals surface area contributed by atoms with Crippen molar-refractivity contribution in [1.82, 2.24) is 10.5 Å². The highest BCUT2D eigenvalue weighted by atomic mass is 35.5. The van der Waals surface area contributed by atoms with Gasteiger partial charge in [0.25, 0.3) is 5.91 Å². The summed E-state index contributed by atoms with van der Waals surface area (Å²) in [5, 5.41) is 10.4. The summed E-state index contributed by atoms with van der Waals surface area (Å²) in [6.07, 6.45) is 0. The van der Waals surface area contributed by atoms with E-state index in [1.165, 1.54) is 12.1 Å². The van der Waals surface area contributed by atoms with E-state index in [4.69, 9.17) is 16.1 Å². The molecule has 0 bridgehead atoms. The van der Waals surface area contributed by atoms with Crippen LogP contribution in [0.25, 0.3) is 11.3 Å². The van der Waals surface area contributed by atoms with Crippen LogP contribution in [-0.4, -0.2) is 23.7 Å². The molecule has 3 aromatic rings. The molecule has 0 fully saturated rings. The van der Waals surface area contributed by atoms with Crippen LogP contribution in [0.15, 0.2) is 53.1 Å². The number of anilines is 1. The Balaban J connectivity index is 1.80. The normalized spacial score (nSPS) is 12.1. The maximum atomic E-state index is 14.3. The second-order valence-electron chi connectivity index (χ2n) is 7.13. The van der Waals surface area contributed by atoms with Gasteiger partial charge in [0.05, 0.1) is 10.6 Å². The Morgan fingerprint density at radius 2 is 1.90 bits per heavy atom. The van der Waals surface area contributed by atoms with Crippen molar-refractivity contribution in [3.63, 3.8) is 0 Å². The van der Waals surface area contributed by atoms with Crippen LogP contribution in [0.2, 0.25) is 5.02 Å². The largest absolute Gasteiger partial charge is 0.380 e. The van der Waals surface area contributed by atoms with Gasteiger partial charge in [-0.15, -0.1) is 0 Å². The van der Waals surface area contributed by atoms with Crippen LogP contribution in [0.4, 0.5) is 10.1 Å². The molecule has 0 saturated carbocycles. The molecule has 0 spiro atoms. The first-order valence-corrected chi connectivity index (χ1v) is 9.76. The molecule has 2 aromatic carbocycles. The second kappa shape index (κ2) is 9.09. The number of rotatable bonds is 7. The summed E-state index contributed by atoms with van der Waals surface area (Å²) in [6, 6.07) is 14.1. The minimum absolute atomic E-state index is 0.00187. The fraction of sp³-hybridized carbons (Fsp3) is 0.273. The number of carbonyl (C=O) groups excluding carboxylic acids is 1. The molecule has 2 N–H and O–H groups in total. The molecule has 7 heteroatoms. The van der Waals surface area contributed by atoms with Crippen LogP contribution < -0.4 is 10.6 Å². The third-order valence-corrected chi connectivity index (χ3v) is 5.02.